The molecule has 4 saturated carbocycles. The van der Waals surface area contributed by atoms with Gasteiger partial charge in [-0.3, -0.25) is 4.79 Å². The molecule has 0 bridgehead atoms. The van der Waals surface area contributed by atoms with Crippen molar-refractivity contribution in [3.8, 4) is 11.8 Å². The summed E-state index contributed by atoms with van der Waals surface area (Å²) in [4.78, 5) is 12.4. The van der Waals surface area contributed by atoms with E-state index in [0.717, 1.165) is 49.0 Å². The number of carbonyl (C=O) groups is 1. The molecule has 8 atom stereocenters. The molecule has 0 aromatic heterocycles. The van der Waals surface area contributed by atoms with Gasteiger partial charge in [-0.2, -0.15) is 0 Å². The van der Waals surface area contributed by atoms with Crippen LogP contribution in [0, 0.1) is 59.2 Å². The second-order valence-electron chi connectivity index (χ2n) is 12.3. The molecule has 4 aliphatic rings. The molecule has 0 aliphatic heterocycles. The van der Waals surface area contributed by atoms with E-state index in [4.69, 9.17) is 0 Å². The number of benzene rings is 1. The van der Waals surface area contributed by atoms with Gasteiger partial charge in [0.1, 0.15) is 11.4 Å². The number of fused-ring (bicyclic) bond motifs is 5. The molecule has 2 unspecified atom stereocenters. The molecule has 1 N–H and O–H groups in total. The summed E-state index contributed by atoms with van der Waals surface area (Å²) in [7, 11) is 0. The van der Waals surface area contributed by atoms with Gasteiger partial charge >= 0.3 is 0 Å². The Kier molecular flexibility index (Phi) is 5.37. The topological polar surface area (TPSA) is 37.3 Å². The summed E-state index contributed by atoms with van der Waals surface area (Å²) in [5.41, 5.74) is 1.92. The smallest absolute Gasteiger partial charge is 0.133 e. The van der Waals surface area contributed by atoms with E-state index in [1.54, 1.807) is 0 Å². The average Bonchev–Trinajstić information content (AvgIpc) is 3.12. The molecule has 2 heteroatoms. The predicted molar refractivity (Wildman–Crippen MR) is 129 cm³/mol. The van der Waals surface area contributed by atoms with Crippen LogP contribution in [-0.2, 0) is 4.79 Å². The predicted octanol–water partition coefficient (Wildman–Crippen LogP) is 6.33. The molecular weight excluding hydrogens is 392 g/mol. The highest BCUT2D eigenvalue weighted by Crippen LogP contribution is 2.68. The van der Waals surface area contributed by atoms with Crippen LogP contribution in [-0.4, -0.2) is 16.5 Å². The Morgan fingerprint density at radius 2 is 1.66 bits per heavy atom. The van der Waals surface area contributed by atoms with Crippen LogP contribution in [0.5, 0.6) is 0 Å². The Balaban J connectivity index is 1.34. The molecule has 0 spiro atoms. The number of hydrogen-bond acceptors (Lipinski definition) is 2. The van der Waals surface area contributed by atoms with Crippen LogP contribution >= 0.6 is 0 Å². The number of aryl methyl sites for hydroxylation is 1. The lowest BCUT2D eigenvalue weighted by Crippen LogP contribution is -2.56. The molecule has 5 rings (SSSR count). The average molecular weight is 433 g/mol. The fourth-order valence-electron chi connectivity index (χ4n) is 8.85. The Labute approximate surface area is 194 Å². The zero-order valence-corrected chi connectivity index (χ0v) is 20.4. The number of aliphatic hydroxyl groups is 1. The molecule has 1 aromatic carbocycles. The Hall–Kier alpha value is -1.59. The van der Waals surface area contributed by atoms with E-state index in [9.17, 15) is 9.90 Å². The van der Waals surface area contributed by atoms with Gasteiger partial charge in [0, 0.05) is 11.5 Å². The number of rotatable bonds is 1. The van der Waals surface area contributed by atoms with Gasteiger partial charge in [0.2, 0.25) is 0 Å². The lowest BCUT2D eigenvalue weighted by Gasteiger charge is -2.61. The molecule has 0 saturated heterocycles. The van der Waals surface area contributed by atoms with Crippen molar-refractivity contribution in [2.24, 2.45) is 40.4 Å². The van der Waals surface area contributed by atoms with Crippen LogP contribution in [0.3, 0.4) is 0 Å². The minimum Gasteiger partial charge on any atom is -0.378 e. The van der Waals surface area contributed by atoms with Crippen LogP contribution < -0.4 is 0 Å². The first-order chi connectivity index (χ1) is 15.1. The third-order valence-corrected chi connectivity index (χ3v) is 10.7. The highest BCUT2D eigenvalue weighted by Gasteiger charge is 2.61. The quantitative estimate of drug-likeness (QED) is 0.527. The van der Waals surface area contributed by atoms with Gasteiger partial charge in [0.25, 0.3) is 0 Å². The summed E-state index contributed by atoms with van der Waals surface area (Å²) in [6, 6.07) is 8.28. The van der Waals surface area contributed by atoms with E-state index in [1.165, 1.54) is 37.7 Å². The fraction of sp³-hybridized carbons (Fsp3) is 0.700. The van der Waals surface area contributed by atoms with Gasteiger partial charge in [0.05, 0.1) is 0 Å². The molecule has 0 amide bonds. The zero-order valence-electron chi connectivity index (χ0n) is 20.4. The lowest BCUT2D eigenvalue weighted by molar-refractivity contribution is -0.144. The first-order valence-corrected chi connectivity index (χ1v) is 13.0. The van der Waals surface area contributed by atoms with Crippen LogP contribution in [0.4, 0.5) is 0 Å². The molecular formula is C30H40O2. The van der Waals surface area contributed by atoms with Gasteiger partial charge in [-0.15, -0.1) is 0 Å². The van der Waals surface area contributed by atoms with Gasteiger partial charge in [0.15, 0.2) is 0 Å². The summed E-state index contributed by atoms with van der Waals surface area (Å²) < 4.78 is 0. The van der Waals surface area contributed by atoms with Crippen molar-refractivity contribution in [2.75, 3.05) is 0 Å². The SMILES string of the molecule is CC(=O)[C@H]1CC[C@H]2[C@@H]3CCC4CC(O)(C#Cc5ccc(C)cc5)CC[C@]4(C)[C@H]3CC[C@]12C. The van der Waals surface area contributed by atoms with Crippen LogP contribution in [0.15, 0.2) is 24.3 Å². The van der Waals surface area contributed by atoms with Gasteiger partial charge in [-0.05, 0) is 118 Å². The molecule has 2 nitrogen and oxygen atoms in total. The lowest BCUT2D eigenvalue weighted by atomic mass is 9.44. The highest BCUT2D eigenvalue weighted by molar-refractivity contribution is 5.79. The minimum atomic E-state index is -0.849. The summed E-state index contributed by atoms with van der Waals surface area (Å²) >= 11 is 0. The Bertz CT molecular complexity index is 951. The van der Waals surface area contributed by atoms with E-state index in [2.05, 4.69) is 56.9 Å². The Morgan fingerprint density at radius 1 is 0.938 bits per heavy atom. The van der Waals surface area contributed by atoms with E-state index >= 15 is 0 Å². The maximum atomic E-state index is 12.4. The van der Waals surface area contributed by atoms with E-state index < -0.39 is 5.60 Å². The molecule has 4 fully saturated rings. The number of ketones is 1. The van der Waals surface area contributed by atoms with E-state index in [1.807, 2.05) is 6.92 Å². The number of Topliss-reactive ketones (excluding diaryl/α,β-unsaturated/α-hetero) is 1. The van der Waals surface area contributed by atoms with Gasteiger partial charge in [-0.25, -0.2) is 0 Å². The van der Waals surface area contributed by atoms with E-state index in [-0.39, 0.29) is 11.3 Å². The second kappa shape index (κ2) is 7.73. The third kappa shape index (κ3) is 3.47. The van der Waals surface area contributed by atoms with Gasteiger partial charge < -0.3 is 5.11 Å². The summed E-state index contributed by atoms with van der Waals surface area (Å²) in [5.74, 6) is 10.0. The Morgan fingerprint density at radius 3 is 2.38 bits per heavy atom. The van der Waals surface area contributed by atoms with Crippen molar-refractivity contribution < 1.29 is 9.90 Å². The van der Waals surface area contributed by atoms with Crippen LogP contribution in [0.2, 0.25) is 0 Å². The van der Waals surface area contributed by atoms with Crippen molar-refractivity contribution in [2.45, 2.75) is 91.1 Å². The van der Waals surface area contributed by atoms with Gasteiger partial charge in [-0.1, -0.05) is 43.4 Å². The van der Waals surface area contributed by atoms with Crippen molar-refractivity contribution in [3.63, 3.8) is 0 Å². The normalized spacial score (nSPS) is 45.1. The minimum absolute atomic E-state index is 0.227. The zero-order chi connectivity index (χ0) is 22.7. The van der Waals surface area contributed by atoms with Crippen molar-refractivity contribution >= 4 is 5.78 Å². The number of carbonyl (C=O) groups excluding carboxylic acids is 1. The van der Waals surface area contributed by atoms with Crippen molar-refractivity contribution in [3.05, 3.63) is 35.4 Å². The molecule has 172 valence electrons. The molecule has 0 radical (unpaired) electrons. The second-order valence-corrected chi connectivity index (χ2v) is 12.3. The fourth-order valence-corrected chi connectivity index (χ4v) is 8.85. The van der Waals surface area contributed by atoms with E-state index in [0.29, 0.717) is 17.1 Å². The maximum absolute atomic E-state index is 12.4. The monoisotopic (exact) mass is 432 g/mol. The molecule has 32 heavy (non-hydrogen) atoms. The highest BCUT2D eigenvalue weighted by atomic mass is 16.3. The summed E-state index contributed by atoms with van der Waals surface area (Å²) in [6.45, 7) is 8.87. The molecule has 0 heterocycles. The van der Waals surface area contributed by atoms with Crippen molar-refractivity contribution in [1.82, 2.24) is 0 Å². The largest absolute Gasteiger partial charge is 0.378 e. The third-order valence-electron chi connectivity index (χ3n) is 10.7. The van der Waals surface area contributed by atoms with Crippen molar-refractivity contribution in [1.29, 1.82) is 0 Å². The standard InChI is InChI=1S/C30H40O2/c1-20-5-7-22(8-6-20)13-16-30(32)18-17-28(3)23(19-30)9-10-24-26-12-11-25(21(2)31)29(26,4)15-14-27(24)28/h5-8,23-27,32H,9-12,14-15,17-19H2,1-4H3/t23?,24-,25+,26-,27-,28-,29+,30?/m0/s1. The summed E-state index contributed by atoms with van der Waals surface area (Å²) in [6.07, 6.45) is 10.0. The van der Waals surface area contributed by atoms with Crippen LogP contribution in [0.1, 0.15) is 89.7 Å². The van der Waals surface area contributed by atoms with Crippen LogP contribution in [0.25, 0.3) is 0 Å². The maximum Gasteiger partial charge on any atom is 0.133 e. The molecule has 4 aliphatic carbocycles. The first-order valence-electron chi connectivity index (χ1n) is 13.0. The molecule has 1 aromatic rings. The first kappa shape index (κ1) is 22.2. The number of hydrogen-bond donors (Lipinski definition) is 1. The summed E-state index contributed by atoms with van der Waals surface area (Å²) in [5, 5.41) is 11.4.